The van der Waals surface area contributed by atoms with Crippen molar-refractivity contribution in [3.8, 4) is 0 Å². The molecule has 0 aromatic rings. The van der Waals surface area contributed by atoms with E-state index in [0.29, 0.717) is 13.0 Å². The number of hydrogen-bond donors (Lipinski definition) is 2. The highest BCUT2D eigenvalue weighted by molar-refractivity contribution is 5.77. The van der Waals surface area contributed by atoms with Gasteiger partial charge >= 0.3 is 12.1 Å². The van der Waals surface area contributed by atoms with Crippen LogP contribution in [0.2, 0.25) is 0 Å². The molecule has 1 aliphatic rings. The largest absolute Gasteiger partial charge is 0.481 e. The van der Waals surface area contributed by atoms with Crippen molar-refractivity contribution in [2.75, 3.05) is 13.2 Å². The highest BCUT2D eigenvalue weighted by Crippen LogP contribution is 2.37. The molecule has 1 amide bonds. The van der Waals surface area contributed by atoms with Gasteiger partial charge in [0.1, 0.15) is 5.60 Å². The molecule has 0 aliphatic heterocycles. The third-order valence-electron chi connectivity index (χ3n) is 4.20. The molecule has 2 N–H and O–H groups in total. The van der Waals surface area contributed by atoms with Crippen LogP contribution in [0.4, 0.5) is 4.79 Å². The summed E-state index contributed by atoms with van der Waals surface area (Å²) >= 11 is 0. The lowest BCUT2D eigenvalue weighted by molar-refractivity contribution is -0.556. The van der Waals surface area contributed by atoms with E-state index in [-0.39, 0.29) is 12.3 Å². The van der Waals surface area contributed by atoms with Crippen molar-refractivity contribution in [1.29, 1.82) is 0 Å². The monoisotopic (exact) mass is 384 g/mol. The van der Waals surface area contributed by atoms with Gasteiger partial charge in [0, 0.05) is 11.5 Å². The number of nitrogens with zero attached hydrogens (tertiary/aromatic N) is 1. The van der Waals surface area contributed by atoms with Gasteiger partial charge in [0.05, 0.1) is 24.1 Å². The van der Waals surface area contributed by atoms with Crippen LogP contribution in [-0.4, -0.2) is 46.4 Å². The van der Waals surface area contributed by atoms with Gasteiger partial charge < -0.3 is 14.6 Å². The highest BCUT2D eigenvalue weighted by Gasteiger charge is 2.54. The maximum absolute atomic E-state index is 12.2. The number of ether oxygens (including phenoxy) is 2. The van der Waals surface area contributed by atoms with Gasteiger partial charge in [-0.1, -0.05) is 13.0 Å². The molecule has 3 atom stereocenters. The van der Waals surface area contributed by atoms with Gasteiger partial charge in [-0.3, -0.25) is 20.2 Å². The summed E-state index contributed by atoms with van der Waals surface area (Å²) in [6.07, 6.45) is 3.19. The number of alkyl carbamates (subject to hydrolysis) is 1. The zero-order valence-corrected chi connectivity index (χ0v) is 16.4. The van der Waals surface area contributed by atoms with Gasteiger partial charge in [0.15, 0.2) is 0 Å². The zero-order valence-electron chi connectivity index (χ0n) is 16.4. The van der Waals surface area contributed by atoms with E-state index in [2.05, 4.69) is 5.32 Å². The fourth-order valence-corrected chi connectivity index (χ4v) is 2.90. The van der Waals surface area contributed by atoms with Gasteiger partial charge in [-0.05, 0) is 46.3 Å². The third-order valence-corrected chi connectivity index (χ3v) is 4.20. The molecule has 27 heavy (non-hydrogen) atoms. The van der Waals surface area contributed by atoms with Crippen molar-refractivity contribution >= 4 is 12.1 Å². The first-order chi connectivity index (χ1) is 12.5. The first-order valence-corrected chi connectivity index (χ1v) is 8.84. The van der Waals surface area contributed by atoms with E-state index in [1.54, 1.807) is 34.6 Å². The summed E-state index contributed by atoms with van der Waals surface area (Å²) in [4.78, 5) is 35.2. The Hall–Kier alpha value is -2.42. The molecule has 0 saturated carbocycles. The summed E-state index contributed by atoms with van der Waals surface area (Å²) in [6.45, 7) is 8.99. The molecular weight excluding hydrogens is 356 g/mol. The van der Waals surface area contributed by atoms with Crippen LogP contribution in [-0.2, 0) is 14.3 Å². The Morgan fingerprint density at radius 1 is 1.41 bits per heavy atom. The molecule has 0 spiro atoms. The quantitative estimate of drug-likeness (QED) is 0.374. The van der Waals surface area contributed by atoms with Crippen molar-refractivity contribution in [3.63, 3.8) is 0 Å². The summed E-state index contributed by atoms with van der Waals surface area (Å²) in [5.74, 6) is -2.88. The van der Waals surface area contributed by atoms with Crippen LogP contribution >= 0.6 is 0 Å². The Morgan fingerprint density at radius 2 is 2.04 bits per heavy atom. The molecule has 9 heteroatoms. The molecule has 0 aromatic heterocycles. The van der Waals surface area contributed by atoms with Crippen LogP contribution in [0.5, 0.6) is 0 Å². The summed E-state index contributed by atoms with van der Waals surface area (Å²) in [5, 5.41) is 23.8. The molecule has 0 radical (unpaired) electrons. The molecule has 0 aromatic carbocycles. The lowest BCUT2D eigenvalue weighted by Crippen LogP contribution is -2.54. The van der Waals surface area contributed by atoms with Gasteiger partial charge in [0.25, 0.3) is 5.54 Å². The number of amides is 1. The van der Waals surface area contributed by atoms with E-state index in [0.717, 1.165) is 0 Å². The average molecular weight is 384 g/mol. The van der Waals surface area contributed by atoms with Crippen molar-refractivity contribution in [3.05, 3.63) is 34.0 Å². The van der Waals surface area contributed by atoms with Crippen molar-refractivity contribution < 1.29 is 29.1 Å². The second kappa shape index (κ2) is 8.98. The second-order valence-corrected chi connectivity index (χ2v) is 7.28. The minimum Gasteiger partial charge on any atom is -0.481 e. The van der Waals surface area contributed by atoms with E-state index < -0.39 is 40.0 Å². The Labute approximate surface area is 158 Å². The summed E-state index contributed by atoms with van der Waals surface area (Å²) in [6, 6.07) is 0. The number of aliphatic carboxylic acids is 1. The minimum atomic E-state index is -1.81. The number of carbonyl (C=O) groups excluding carboxylic acids is 1. The smallest absolute Gasteiger partial charge is 0.412 e. The maximum atomic E-state index is 12.2. The number of carbonyl (C=O) groups is 2. The average Bonchev–Trinajstić information content (AvgIpc) is 2.54. The Bertz CT molecular complexity index is 636. The van der Waals surface area contributed by atoms with Crippen molar-refractivity contribution in [2.24, 2.45) is 11.8 Å². The molecule has 0 heterocycles. The lowest BCUT2D eigenvalue weighted by atomic mass is 9.75. The molecule has 0 saturated heterocycles. The molecule has 0 fully saturated rings. The number of hydrogen-bond acceptors (Lipinski definition) is 6. The summed E-state index contributed by atoms with van der Waals surface area (Å²) in [5.41, 5.74) is -2.75. The molecule has 1 aliphatic carbocycles. The van der Waals surface area contributed by atoms with E-state index in [9.17, 15) is 24.8 Å². The van der Waals surface area contributed by atoms with Crippen LogP contribution in [0.15, 0.2) is 23.9 Å². The normalized spacial score (nSPS) is 23.3. The number of nitrogens with one attached hydrogen (secondary N) is 1. The highest BCUT2D eigenvalue weighted by atomic mass is 16.6. The standard InChI is InChI=1S/C18H28N2O7/c1-6-13(11-26-7-2)18(20(24)25)9-8-12(15(21)22)10-14(18)19-16(23)27-17(3,4)5/h8-10,12-13H,6-7,11H2,1-5H3,(H,19,23)(H,21,22). The molecule has 152 valence electrons. The Morgan fingerprint density at radius 3 is 2.48 bits per heavy atom. The molecule has 3 unspecified atom stereocenters. The van der Waals surface area contributed by atoms with E-state index >= 15 is 0 Å². The number of rotatable bonds is 8. The van der Waals surface area contributed by atoms with Crippen molar-refractivity contribution in [2.45, 2.75) is 52.2 Å². The molecule has 1 rings (SSSR count). The van der Waals surface area contributed by atoms with Crippen LogP contribution in [0.25, 0.3) is 0 Å². The molecular formula is C18H28N2O7. The maximum Gasteiger partial charge on any atom is 0.412 e. The number of nitro groups is 1. The van der Waals surface area contributed by atoms with Crippen LogP contribution in [0.1, 0.15) is 41.0 Å². The van der Waals surface area contributed by atoms with E-state index in [1.165, 1.54) is 18.2 Å². The van der Waals surface area contributed by atoms with Crippen LogP contribution in [0, 0.1) is 22.0 Å². The van der Waals surface area contributed by atoms with Crippen LogP contribution < -0.4 is 5.32 Å². The van der Waals surface area contributed by atoms with Gasteiger partial charge in [-0.25, -0.2) is 4.79 Å². The van der Waals surface area contributed by atoms with Crippen LogP contribution in [0.3, 0.4) is 0 Å². The lowest BCUT2D eigenvalue weighted by Gasteiger charge is -2.35. The van der Waals surface area contributed by atoms with Crippen molar-refractivity contribution in [1.82, 2.24) is 5.32 Å². The van der Waals surface area contributed by atoms with Gasteiger partial charge in [-0.15, -0.1) is 0 Å². The van der Waals surface area contributed by atoms with E-state index in [1.807, 2.05) is 0 Å². The number of carboxylic acid groups (broad SMARTS) is 1. The fourth-order valence-electron chi connectivity index (χ4n) is 2.90. The van der Waals surface area contributed by atoms with Gasteiger partial charge in [-0.2, -0.15) is 0 Å². The first kappa shape index (κ1) is 22.6. The fraction of sp³-hybridized carbons (Fsp3) is 0.667. The van der Waals surface area contributed by atoms with Gasteiger partial charge in [0.2, 0.25) is 0 Å². The molecule has 9 nitrogen and oxygen atoms in total. The molecule has 0 bridgehead atoms. The zero-order chi connectivity index (χ0) is 20.8. The topological polar surface area (TPSA) is 128 Å². The van der Waals surface area contributed by atoms with E-state index in [4.69, 9.17) is 9.47 Å². The second-order valence-electron chi connectivity index (χ2n) is 7.28. The third kappa shape index (κ3) is 5.53. The minimum absolute atomic E-state index is 0.0867. The first-order valence-electron chi connectivity index (χ1n) is 8.84. The number of carboxylic acids is 1. The Kier molecular flexibility index (Phi) is 7.53. The summed E-state index contributed by atoms with van der Waals surface area (Å²) < 4.78 is 10.6. The SMILES string of the molecule is CCOCC(CC)C1([N+](=O)[O-])C=CC(C(=O)O)C=C1NC(=O)OC(C)(C)C. The predicted octanol–water partition coefficient (Wildman–Crippen LogP) is 2.74. The predicted molar refractivity (Wildman–Crippen MR) is 97.7 cm³/mol. The summed E-state index contributed by atoms with van der Waals surface area (Å²) in [7, 11) is 0. The Balaban J connectivity index is 3.37.